The van der Waals surface area contributed by atoms with Crippen LogP contribution in [0.15, 0.2) is 115 Å². The van der Waals surface area contributed by atoms with E-state index in [0.717, 1.165) is 16.7 Å². The summed E-state index contributed by atoms with van der Waals surface area (Å²) in [6, 6.07) is 40.7. The van der Waals surface area contributed by atoms with Crippen molar-refractivity contribution in [2.45, 2.75) is 38.5 Å². The maximum atomic E-state index is 5.02. The van der Waals surface area contributed by atoms with Crippen LogP contribution in [0.25, 0.3) is 65.5 Å². The third-order valence-electron chi connectivity index (χ3n) is 9.70. The fourth-order valence-corrected chi connectivity index (χ4v) is 7.76. The molecule has 2 heterocycles. The van der Waals surface area contributed by atoms with E-state index in [2.05, 4.69) is 107 Å². The van der Waals surface area contributed by atoms with Crippen LogP contribution in [-0.2, 0) is 10.8 Å². The molecule has 1 aliphatic carbocycles. The van der Waals surface area contributed by atoms with Gasteiger partial charge < -0.3 is 0 Å². The van der Waals surface area contributed by atoms with E-state index in [1.54, 1.807) is 0 Å². The van der Waals surface area contributed by atoms with Crippen LogP contribution in [0, 0.1) is 0 Å². The summed E-state index contributed by atoms with van der Waals surface area (Å²) in [5, 5.41) is 2.58. The number of thiophene rings is 1. The van der Waals surface area contributed by atoms with Crippen LogP contribution in [-0.4, -0.2) is 15.0 Å². The number of benzene rings is 5. The Balaban J connectivity index is 1.40. The SMILES string of the molecule is CC1(C)c2ccccc2-c2c(ccc3sc4ccc(-c5nc(-c6ccccc6)nc(-c6ccccc6)n5)cc4c23)C1(C)C. The molecule has 0 unspecified atom stereocenters. The minimum absolute atomic E-state index is 0.00614. The fraction of sp³-hybridized carbons (Fsp3) is 0.154. The highest BCUT2D eigenvalue weighted by molar-refractivity contribution is 7.26. The van der Waals surface area contributed by atoms with Gasteiger partial charge in [0.1, 0.15) is 0 Å². The molecule has 0 fully saturated rings. The Labute approximate surface area is 256 Å². The molecular formula is C39H31N3S. The van der Waals surface area contributed by atoms with E-state index >= 15 is 0 Å². The van der Waals surface area contributed by atoms with Crippen molar-refractivity contribution in [1.82, 2.24) is 15.0 Å². The Bertz CT molecular complexity index is 2120. The second-order valence-electron chi connectivity index (χ2n) is 12.5. The number of nitrogens with zero attached hydrogens (tertiary/aromatic N) is 3. The maximum Gasteiger partial charge on any atom is 0.164 e. The zero-order valence-corrected chi connectivity index (χ0v) is 25.5. The van der Waals surface area contributed by atoms with E-state index in [0.29, 0.717) is 17.5 Å². The molecule has 0 atom stereocenters. The average Bonchev–Trinajstić information content (AvgIpc) is 3.42. The minimum atomic E-state index is -0.0415. The smallest absolute Gasteiger partial charge is 0.164 e. The van der Waals surface area contributed by atoms with Crippen molar-refractivity contribution in [2.24, 2.45) is 0 Å². The highest BCUT2D eigenvalue weighted by Crippen LogP contribution is 2.56. The summed E-state index contributed by atoms with van der Waals surface area (Å²) in [5.41, 5.74) is 8.42. The zero-order chi connectivity index (χ0) is 29.3. The Morgan fingerprint density at radius 2 is 1.02 bits per heavy atom. The monoisotopic (exact) mass is 573 g/mol. The first-order valence-electron chi connectivity index (χ1n) is 14.8. The molecule has 0 aliphatic heterocycles. The van der Waals surface area contributed by atoms with Crippen LogP contribution >= 0.6 is 11.3 Å². The van der Waals surface area contributed by atoms with Gasteiger partial charge in [-0.25, -0.2) is 15.0 Å². The van der Waals surface area contributed by atoms with Crippen molar-refractivity contribution < 1.29 is 0 Å². The van der Waals surface area contributed by atoms with E-state index in [1.165, 1.54) is 42.4 Å². The molecular weight excluding hydrogens is 543 g/mol. The van der Waals surface area contributed by atoms with Gasteiger partial charge in [-0.3, -0.25) is 0 Å². The minimum Gasteiger partial charge on any atom is -0.208 e. The number of aromatic nitrogens is 3. The van der Waals surface area contributed by atoms with Crippen molar-refractivity contribution in [1.29, 1.82) is 0 Å². The summed E-state index contributed by atoms with van der Waals surface area (Å²) in [5.74, 6) is 2.03. The second-order valence-corrected chi connectivity index (χ2v) is 13.6. The normalized spacial score (nSPS) is 14.9. The molecule has 0 amide bonds. The Morgan fingerprint density at radius 3 is 1.67 bits per heavy atom. The third kappa shape index (κ3) is 3.90. The first-order valence-corrected chi connectivity index (χ1v) is 15.6. The maximum absolute atomic E-state index is 5.02. The molecule has 0 bridgehead atoms. The molecule has 3 nitrogen and oxygen atoms in total. The number of hydrogen-bond acceptors (Lipinski definition) is 4. The van der Waals surface area contributed by atoms with Gasteiger partial charge in [0.2, 0.25) is 0 Å². The molecule has 0 saturated carbocycles. The van der Waals surface area contributed by atoms with Crippen molar-refractivity contribution in [2.75, 3.05) is 0 Å². The molecule has 0 saturated heterocycles. The van der Waals surface area contributed by atoms with Crippen LogP contribution in [0.1, 0.15) is 38.8 Å². The van der Waals surface area contributed by atoms with E-state index in [4.69, 9.17) is 15.0 Å². The highest BCUT2D eigenvalue weighted by atomic mass is 32.1. The van der Waals surface area contributed by atoms with E-state index in [-0.39, 0.29) is 10.8 Å². The molecule has 0 N–H and O–H groups in total. The van der Waals surface area contributed by atoms with E-state index < -0.39 is 0 Å². The predicted octanol–water partition coefficient (Wildman–Crippen LogP) is 10.5. The molecule has 43 heavy (non-hydrogen) atoms. The lowest BCUT2D eigenvalue weighted by molar-refractivity contribution is 0.299. The molecule has 4 heteroatoms. The third-order valence-corrected chi connectivity index (χ3v) is 10.8. The lowest BCUT2D eigenvalue weighted by Crippen LogP contribution is -2.43. The quantitative estimate of drug-likeness (QED) is 0.211. The van der Waals surface area contributed by atoms with Gasteiger partial charge in [-0.15, -0.1) is 11.3 Å². The molecule has 5 aromatic carbocycles. The lowest BCUT2D eigenvalue weighted by Gasteiger charge is -2.48. The number of fused-ring (bicyclic) bond motifs is 7. The lowest BCUT2D eigenvalue weighted by atomic mass is 9.55. The topological polar surface area (TPSA) is 38.7 Å². The van der Waals surface area contributed by atoms with Crippen molar-refractivity contribution >= 4 is 31.5 Å². The molecule has 2 aromatic heterocycles. The largest absolute Gasteiger partial charge is 0.208 e. The Morgan fingerprint density at radius 1 is 0.488 bits per heavy atom. The molecule has 0 radical (unpaired) electrons. The average molecular weight is 574 g/mol. The highest BCUT2D eigenvalue weighted by Gasteiger charge is 2.46. The standard InChI is InChI=1S/C39H31N3S/c1-38(2)29-18-12-11-17-27(29)33-30(39(38,3)4)20-22-32-34(33)28-23-26(19-21-31(28)43-32)37-41-35(24-13-7-5-8-14-24)40-36(42-37)25-15-9-6-10-16-25/h5-23H,1-4H3. The van der Waals surface area contributed by atoms with E-state index in [9.17, 15) is 0 Å². The van der Waals surface area contributed by atoms with Gasteiger partial charge in [0.25, 0.3) is 0 Å². The predicted molar refractivity (Wildman–Crippen MR) is 181 cm³/mol. The van der Waals surface area contributed by atoms with Crippen LogP contribution in [0.4, 0.5) is 0 Å². The van der Waals surface area contributed by atoms with Gasteiger partial charge in [-0.1, -0.05) is 119 Å². The van der Waals surface area contributed by atoms with Crippen LogP contribution < -0.4 is 0 Å². The summed E-state index contributed by atoms with van der Waals surface area (Å²) >= 11 is 1.86. The first kappa shape index (κ1) is 26.0. The summed E-state index contributed by atoms with van der Waals surface area (Å²) in [6.07, 6.45) is 0. The van der Waals surface area contributed by atoms with Gasteiger partial charge >= 0.3 is 0 Å². The van der Waals surface area contributed by atoms with Crippen molar-refractivity contribution in [3.8, 4) is 45.3 Å². The van der Waals surface area contributed by atoms with Crippen molar-refractivity contribution in [3.63, 3.8) is 0 Å². The van der Waals surface area contributed by atoms with Gasteiger partial charge in [-0.05, 0) is 57.3 Å². The molecule has 7 aromatic rings. The van der Waals surface area contributed by atoms with Gasteiger partial charge in [0.05, 0.1) is 0 Å². The van der Waals surface area contributed by atoms with Gasteiger partial charge in [0.15, 0.2) is 17.5 Å². The molecule has 0 spiro atoms. The summed E-state index contributed by atoms with van der Waals surface area (Å²) < 4.78 is 2.58. The summed E-state index contributed by atoms with van der Waals surface area (Å²) in [7, 11) is 0. The second kappa shape index (κ2) is 9.42. The van der Waals surface area contributed by atoms with Gasteiger partial charge in [-0.2, -0.15) is 0 Å². The molecule has 8 rings (SSSR count). The first-order chi connectivity index (χ1) is 20.8. The van der Waals surface area contributed by atoms with Gasteiger partial charge in [0, 0.05) is 36.9 Å². The summed E-state index contributed by atoms with van der Waals surface area (Å²) in [4.78, 5) is 14.9. The Kier molecular flexibility index (Phi) is 5.69. The van der Waals surface area contributed by atoms with Crippen molar-refractivity contribution in [3.05, 3.63) is 126 Å². The van der Waals surface area contributed by atoms with E-state index in [1.807, 2.05) is 47.7 Å². The number of rotatable bonds is 3. The van der Waals surface area contributed by atoms with Crippen LogP contribution in [0.2, 0.25) is 0 Å². The Hall–Kier alpha value is -4.67. The fourth-order valence-electron chi connectivity index (χ4n) is 6.67. The molecule has 208 valence electrons. The molecule has 1 aliphatic rings. The van der Waals surface area contributed by atoms with Crippen LogP contribution in [0.3, 0.4) is 0 Å². The zero-order valence-electron chi connectivity index (χ0n) is 24.7. The number of hydrogen-bond donors (Lipinski definition) is 0. The summed E-state index contributed by atoms with van der Waals surface area (Å²) in [6.45, 7) is 9.57. The van der Waals surface area contributed by atoms with Crippen LogP contribution in [0.5, 0.6) is 0 Å².